The number of amides is 1. The molecule has 3 aromatic rings. The Morgan fingerprint density at radius 3 is 2.29 bits per heavy atom. The fraction of sp³-hybridized carbons (Fsp3) is 0.200. The van der Waals surface area contributed by atoms with Gasteiger partial charge in [-0.2, -0.15) is 0 Å². The van der Waals surface area contributed by atoms with Crippen LogP contribution in [0.5, 0.6) is 0 Å². The van der Waals surface area contributed by atoms with Gasteiger partial charge in [0.2, 0.25) is 5.91 Å². The van der Waals surface area contributed by atoms with E-state index < -0.39 is 0 Å². The topological polar surface area (TPSA) is 44.4 Å². The van der Waals surface area contributed by atoms with Gasteiger partial charge >= 0.3 is 0 Å². The van der Waals surface area contributed by atoms with Crippen molar-refractivity contribution in [2.24, 2.45) is 0 Å². The zero-order chi connectivity index (χ0) is 21.8. The molecule has 158 valence electrons. The third-order valence-corrected chi connectivity index (χ3v) is 6.55. The number of benzene rings is 3. The molecule has 0 aliphatic carbocycles. The minimum Gasteiger partial charge on any atom is -0.332 e. The summed E-state index contributed by atoms with van der Waals surface area (Å²) in [6.07, 6.45) is 0.913. The van der Waals surface area contributed by atoms with Crippen LogP contribution in [-0.4, -0.2) is 22.3 Å². The second-order valence-corrected chi connectivity index (χ2v) is 9.44. The van der Waals surface area contributed by atoms with Crippen molar-refractivity contribution in [1.29, 1.82) is 0 Å². The highest BCUT2D eigenvalue weighted by Crippen LogP contribution is 2.35. The number of nitrogens with one attached hydrogen (secondary N) is 2. The lowest BCUT2D eigenvalue weighted by Gasteiger charge is -2.26. The summed E-state index contributed by atoms with van der Waals surface area (Å²) in [5, 5.41) is 6.72. The predicted octanol–water partition coefficient (Wildman–Crippen LogP) is 5.95. The lowest BCUT2D eigenvalue weighted by molar-refractivity contribution is -0.118. The number of carbonyl (C=O) groups is 1. The van der Waals surface area contributed by atoms with Crippen molar-refractivity contribution in [3.05, 3.63) is 84.4 Å². The van der Waals surface area contributed by atoms with Gasteiger partial charge in [-0.1, -0.05) is 36.4 Å². The maximum absolute atomic E-state index is 13.2. The second kappa shape index (κ2) is 9.54. The Bertz CT molecular complexity index is 1070. The van der Waals surface area contributed by atoms with Gasteiger partial charge in [0.15, 0.2) is 5.11 Å². The predicted molar refractivity (Wildman–Crippen MR) is 135 cm³/mol. The van der Waals surface area contributed by atoms with Crippen molar-refractivity contribution < 1.29 is 4.79 Å². The molecule has 31 heavy (non-hydrogen) atoms. The first-order chi connectivity index (χ1) is 15.0. The van der Waals surface area contributed by atoms with E-state index in [4.69, 9.17) is 12.2 Å². The number of para-hydroxylation sites is 2. The number of nitrogens with zero attached hydrogens (tertiary/aromatic N) is 1. The Morgan fingerprint density at radius 2 is 1.58 bits per heavy atom. The van der Waals surface area contributed by atoms with E-state index in [1.165, 1.54) is 5.56 Å². The van der Waals surface area contributed by atoms with Gasteiger partial charge in [-0.05, 0) is 80.5 Å². The number of hydrogen-bond acceptors (Lipinski definition) is 3. The van der Waals surface area contributed by atoms with Crippen LogP contribution < -0.4 is 15.5 Å². The van der Waals surface area contributed by atoms with Crippen molar-refractivity contribution in [3.63, 3.8) is 0 Å². The number of hydrogen-bond donors (Lipinski definition) is 2. The van der Waals surface area contributed by atoms with Crippen LogP contribution in [0.2, 0.25) is 0 Å². The van der Waals surface area contributed by atoms with E-state index in [-0.39, 0.29) is 17.2 Å². The molecule has 0 spiro atoms. The molecular weight excluding hydrogens is 422 g/mol. The Balaban J connectivity index is 1.35. The average Bonchev–Trinajstić information content (AvgIpc) is 3.10. The summed E-state index contributed by atoms with van der Waals surface area (Å²) in [7, 11) is 0. The quantitative estimate of drug-likeness (QED) is 0.374. The molecule has 1 aliphatic rings. The summed E-state index contributed by atoms with van der Waals surface area (Å²) < 4.78 is 0. The van der Waals surface area contributed by atoms with Crippen molar-refractivity contribution in [2.75, 3.05) is 15.5 Å². The Labute approximate surface area is 193 Å². The van der Waals surface area contributed by atoms with E-state index in [1.54, 1.807) is 11.8 Å². The van der Waals surface area contributed by atoms with Gasteiger partial charge in [0.05, 0.1) is 5.25 Å². The summed E-state index contributed by atoms with van der Waals surface area (Å²) in [6.45, 7) is 4.09. The van der Waals surface area contributed by atoms with Crippen molar-refractivity contribution in [1.82, 2.24) is 0 Å². The van der Waals surface area contributed by atoms with Gasteiger partial charge in [-0.25, -0.2) is 0 Å². The summed E-state index contributed by atoms with van der Waals surface area (Å²) >= 11 is 6.96. The summed E-state index contributed by atoms with van der Waals surface area (Å²) in [4.78, 5) is 16.2. The minimum atomic E-state index is -0.173. The maximum Gasteiger partial charge on any atom is 0.240 e. The average molecular weight is 448 g/mol. The lowest BCUT2D eigenvalue weighted by Crippen LogP contribution is -2.40. The minimum absolute atomic E-state index is 0.151. The molecule has 0 saturated carbocycles. The van der Waals surface area contributed by atoms with Gasteiger partial charge < -0.3 is 15.5 Å². The fourth-order valence-corrected chi connectivity index (χ4v) is 4.94. The molecule has 4 nitrogen and oxygen atoms in total. The summed E-state index contributed by atoms with van der Waals surface area (Å²) in [5.41, 5.74) is 4.14. The van der Waals surface area contributed by atoms with E-state index in [0.717, 1.165) is 28.4 Å². The van der Waals surface area contributed by atoms with Gasteiger partial charge in [0.25, 0.3) is 0 Å². The van der Waals surface area contributed by atoms with Crippen LogP contribution in [0.1, 0.15) is 19.4 Å². The van der Waals surface area contributed by atoms with Crippen LogP contribution in [0, 0.1) is 0 Å². The summed E-state index contributed by atoms with van der Waals surface area (Å²) in [6, 6.07) is 26.2. The number of thiocarbonyl (C=S) groups is 1. The van der Waals surface area contributed by atoms with E-state index in [9.17, 15) is 4.79 Å². The SMILES string of the molecule is C[C@H](Sc1ccc(NC(=S)Nc2ccccc2)cc1)C(=O)N1c2ccccc2C[C@@H]1C. The molecule has 0 bridgehead atoms. The second-order valence-electron chi connectivity index (χ2n) is 7.62. The Kier molecular flexibility index (Phi) is 6.59. The molecule has 3 aromatic carbocycles. The van der Waals surface area contributed by atoms with Gasteiger partial charge in [-0.15, -0.1) is 11.8 Å². The molecule has 1 heterocycles. The molecule has 0 fully saturated rings. The third kappa shape index (κ3) is 5.09. The van der Waals surface area contributed by atoms with Crippen molar-refractivity contribution >= 4 is 52.1 Å². The van der Waals surface area contributed by atoms with E-state index >= 15 is 0 Å². The largest absolute Gasteiger partial charge is 0.332 e. The fourth-order valence-electron chi connectivity index (χ4n) is 3.78. The molecule has 1 aliphatic heterocycles. The van der Waals surface area contributed by atoms with Crippen LogP contribution in [0.4, 0.5) is 17.1 Å². The molecule has 1 amide bonds. The lowest BCUT2D eigenvalue weighted by atomic mass is 10.1. The zero-order valence-corrected chi connectivity index (χ0v) is 19.2. The van der Waals surface area contributed by atoms with E-state index in [2.05, 4.69) is 23.6 Å². The molecule has 0 saturated heterocycles. The van der Waals surface area contributed by atoms with Gasteiger partial charge in [0.1, 0.15) is 0 Å². The van der Waals surface area contributed by atoms with Gasteiger partial charge in [0, 0.05) is 28.0 Å². The first-order valence-corrected chi connectivity index (χ1v) is 11.6. The smallest absolute Gasteiger partial charge is 0.240 e. The molecule has 0 aromatic heterocycles. The highest BCUT2D eigenvalue weighted by atomic mass is 32.2. The van der Waals surface area contributed by atoms with Crippen LogP contribution >= 0.6 is 24.0 Å². The van der Waals surface area contributed by atoms with Crippen LogP contribution in [-0.2, 0) is 11.2 Å². The number of carbonyl (C=O) groups excluding carboxylic acids is 1. The molecule has 0 radical (unpaired) electrons. The normalized spacial score (nSPS) is 15.8. The van der Waals surface area contributed by atoms with E-state index in [1.807, 2.05) is 84.6 Å². The summed E-state index contributed by atoms with van der Waals surface area (Å²) in [5.74, 6) is 0.151. The van der Waals surface area contributed by atoms with Crippen molar-refractivity contribution in [2.45, 2.75) is 36.5 Å². The van der Waals surface area contributed by atoms with E-state index in [0.29, 0.717) is 5.11 Å². The monoisotopic (exact) mass is 447 g/mol. The number of rotatable bonds is 5. The third-order valence-electron chi connectivity index (χ3n) is 5.25. The highest BCUT2D eigenvalue weighted by Gasteiger charge is 2.33. The zero-order valence-electron chi connectivity index (χ0n) is 17.5. The first-order valence-electron chi connectivity index (χ1n) is 10.3. The number of anilines is 3. The number of thioether (sulfide) groups is 1. The van der Waals surface area contributed by atoms with Crippen LogP contribution in [0.15, 0.2) is 83.8 Å². The number of fused-ring (bicyclic) bond motifs is 1. The standard InChI is InChI=1S/C25H25N3OS2/c1-17-16-19-8-6-7-11-23(19)28(17)24(29)18(2)31-22-14-12-21(13-15-22)27-25(30)26-20-9-4-3-5-10-20/h3-15,17-18H,16H2,1-2H3,(H2,26,27,30)/t17-,18-/m0/s1. The molecular formula is C25H25N3OS2. The highest BCUT2D eigenvalue weighted by molar-refractivity contribution is 8.00. The molecule has 2 N–H and O–H groups in total. The molecule has 2 atom stereocenters. The Hall–Kier alpha value is -2.83. The van der Waals surface area contributed by atoms with Gasteiger partial charge in [-0.3, -0.25) is 4.79 Å². The maximum atomic E-state index is 13.2. The van der Waals surface area contributed by atoms with Crippen molar-refractivity contribution in [3.8, 4) is 0 Å². The Morgan fingerprint density at radius 1 is 0.968 bits per heavy atom. The molecule has 6 heteroatoms. The van der Waals surface area contributed by atoms with Crippen LogP contribution in [0.3, 0.4) is 0 Å². The molecule has 4 rings (SSSR count). The van der Waals surface area contributed by atoms with Crippen LogP contribution in [0.25, 0.3) is 0 Å². The first kappa shape index (κ1) is 21.4. The molecule has 0 unspecified atom stereocenters.